The Hall–Kier alpha value is -1.69. The van der Waals surface area contributed by atoms with E-state index in [-0.39, 0.29) is 0 Å². The Bertz CT molecular complexity index is 679. The van der Waals surface area contributed by atoms with E-state index < -0.39 is 0 Å². The molecule has 24 heavy (non-hydrogen) atoms. The Morgan fingerprint density at radius 1 is 1.17 bits per heavy atom. The third kappa shape index (κ3) is 3.38. The zero-order valence-electron chi connectivity index (χ0n) is 14.5. The Morgan fingerprint density at radius 3 is 2.92 bits per heavy atom. The summed E-state index contributed by atoms with van der Waals surface area (Å²) >= 11 is 0. The molecule has 4 rings (SSSR count). The highest BCUT2D eigenvalue weighted by atomic mass is 16.5. The average molecular weight is 329 g/mol. The van der Waals surface area contributed by atoms with Crippen LogP contribution < -0.4 is 5.32 Å². The summed E-state index contributed by atoms with van der Waals surface area (Å²) in [5.74, 6) is 1.77. The highest BCUT2D eigenvalue weighted by Crippen LogP contribution is 2.27. The Kier molecular flexibility index (Phi) is 4.65. The predicted molar refractivity (Wildman–Crippen MR) is 94.0 cm³/mol. The molecule has 1 aliphatic heterocycles. The molecule has 1 aliphatic carbocycles. The number of rotatable bonds is 4. The number of nitrogens with one attached hydrogen (secondary N) is 1. The quantitative estimate of drug-likeness (QED) is 0.927. The van der Waals surface area contributed by atoms with Gasteiger partial charge in [-0.1, -0.05) is 24.4 Å². The van der Waals surface area contributed by atoms with E-state index in [2.05, 4.69) is 25.3 Å². The molecule has 1 saturated heterocycles. The van der Waals surface area contributed by atoms with E-state index in [1.165, 1.54) is 58.0 Å². The van der Waals surface area contributed by atoms with Crippen molar-refractivity contribution in [2.75, 3.05) is 25.0 Å². The molecule has 2 aromatic heterocycles. The van der Waals surface area contributed by atoms with Gasteiger partial charge in [-0.25, -0.2) is 4.98 Å². The summed E-state index contributed by atoms with van der Waals surface area (Å²) in [6, 6.07) is 0.440. The zero-order chi connectivity index (χ0) is 16.4. The van der Waals surface area contributed by atoms with Gasteiger partial charge in [-0.3, -0.25) is 0 Å². The predicted octanol–water partition coefficient (Wildman–Crippen LogP) is 3.38. The number of fused-ring (bicyclic) bond motifs is 1. The molecular weight excluding hydrogens is 302 g/mol. The van der Waals surface area contributed by atoms with Crippen LogP contribution in [0.1, 0.15) is 50.6 Å². The van der Waals surface area contributed by atoms with Crippen molar-refractivity contribution in [3.05, 3.63) is 12.0 Å². The maximum absolute atomic E-state index is 5.25. The van der Waals surface area contributed by atoms with Gasteiger partial charge in [0.25, 0.3) is 5.71 Å². The van der Waals surface area contributed by atoms with E-state index in [0.29, 0.717) is 11.8 Å². The fourth-order valence-electron chi connectivity index (χ4n) is 4.30. The van der Waals surface area contributed by atoms with Crippen LogP contribution in [0.2, 0.25) is 0 Å². The van der Waals surface area contributed by atoms with Gasteiger partial charge in [-0.2, -0.15) is 4.98 Å². The molecule has 2 fully saturated rings. The van der Waals surface area contributed by atoms with Crippen LogP contribution in [0, 0.1) is 12.8 Å². The third-order valence-corrected chi connectivity index (χ3v) is 5.53. The summed E-state index contributed by atoms with van der Waals surface area (Å²) in [6.45, 7) is 5.55. The number of likely N-dealkylation sites (tertiary alicyclic amines) is 1. The van der Waals surface area contributed by atoms with Gasteiger partial charge in [-0.15, -0.1) is 0 Å². The first-order valence-corrected chi connectivity index (χ1v) is 9.35. The standard InChI is InChI=1S/C18H27N5O/c1-13-16-17(19-12-20-18(16)24-22-13)21-15-8-5-9-23(11-15)10-14-6-3-2-4-7-14/h12,14-15H,2-11H2,1H3,(H,19,20,21)/t15-/m0/s1. The largest absolute Gasteiger partial charge is 0.365 e. The minimum atomic E-state index is 0.440. The molecule has 0 bridgehead atoms. The SMILES string of the molecule is Cc1noc2ncnc(N[C@H]3CCCN(CC4CCCCC4)C3)c12. The Morgan fingerprint density at radius 2 is 2.04 bits per heavy atom. The summed E-state index contributed by atoms with van der Waals surface area (Å²) < 4.78 is 5.25. The molecule has 0 radical (unpaired) electrons. The summed E-state index contributed by atoms with van der Waals surface area (Å²) in [7, 11) is 0. The lowest BCUT2D eigenvalue weighted by Gasteiger charge is -2.36. The normalized spacial score (nSPS) is 23.6. The summed E-state index contributed by atoms with van der Waals surface area (Å²) in [4.78, 5) is 11.2. The first kappa shape index (κ1) is 15.8. The molecule has 6 nitrogen and oxygen atoms in total. The topological polar surface area (TPSA) is 67.1 Å². The summed E-state index contributed by atoms with van der Waals surface area (Å²) in [5.41, 5.74) is 1.42. The summed E-state index contributed by atoms with van der Waals surface area (Å²) in [5, 5.41) is 8.56. The molecule has 2 aliphatic rings. The lowest BCUT2D eigenvalue weighted by molar-refractivity contribution is 0.166. The highest BCUT2D eigenvalue weighted by molar-refractivity contribution is 5.87. The van der Waals surface area contributed by atoms with E-state index in [1.54, 1.807) is 6.33 Å². The number of aryl methyl sites for hydroxylation is 1. The van der Waals surface area contributed by atoms with Crippen LogP contribution in [0.25, 0.3) is 11.1 Å². The smallest absolute Gasteiger partial charge is 0.263 e. The number of hydrogen-bond acceptors (Lipinski definition) is 6. The van der Waals surface area contributed by atoms with Gasteiger partial charge in [0.2, 0.25) is 0 Å². The molecule has 6 heteroatoms. The van der Waals surface area contributed by atoms with Crippen molar-refractivity contribution < 1.29 is 4.52 Å². The van der Waals surface area contributed by atoms with Gasteiger partial charge in [0.05, 0.1) is 5.69 Å². The number of nitrogens with zero attached hydrogens (tertiary/aromatic N) is 4. The number of anilines is 1. The van der Waals surface area contributed by atoms with Crippen molar-refractivity contribution in [1.29, 1.82) is 0 Å². The molecule has 1 saturated carbocycles. The van der Waals surface area contributed by atoms with Crippen LogP contribution in [0.3, 0.4) is 0 Å². The molecule has 1 N–H and O–H groups in total. The van der Waals surface area contributed by atoms with Crippen LogP contribution in [0.5, 0.6) is 0 Å². The molecule has 3 heterocycles. The Labute approximate surface area is 143 Å². The van der Waals surface area contributed by atoms with E-state index in [0.717, 1.165) is 29.4 Å². The maximum Gasteiger partial charge on any atom is 0.263 e. The van der Waals surface area contributed by atoms with Crippen LogP contribution in [0.4, 0.5) is 5.82 Å². The fraction of sp³-hybridized carbons (Fsp3) is 0.722. The molecule has 2 aromatic rings. The molecule has 0 unspecified atom stereocenters. The minimum absolute atomic E-state index is 0.440. The number of aromatic nitrogens is 3. The van der Waals surface area contributed by atoms with Gasteiger partial charge in [0.1, 0.15) is 17.5 Å². The second-order valence-corrected chi connectivity index (χ2v) is 7.42. The second-order valence-electron chi connectivity index (χ2n) is 7.42. The van der Waals surface area contributed by atoms with Crippen LogP contribution in [-0.2, 0) is 0 Å². The minimum Gasteiger partial charge on any atom is -0.365 e. The van der Waals surface area contributed by atoms with Gasteiger partial charge >= 0.3 is 0 Å². The van der Waals surface area contributed by atoms with Crippen LogP contribution >= 0.6 is 0 Å². The zero-order valence-corrected chi connectivity index (χ0v) is 14.5. The lowest BCUT2D eigenvalue weighted by atomic mass is 9.88. The molecule has 1 atom stereocenters. The molecule has 0 aromatic carbocycles. The maximum atomic E-state index is 5.25. The van der Waals surface area contributed by atoms with E-state index in [4.69, 9.17) is 4.52 Å². The first-order chi connectivity index (χ1) is 11.8. The van der Waals surface area contributed by atoms with Crippen molar-refractivity contribution in [1.82, 2.24) is 20.0 Å². The second kappa shape index (κ2) is 7.05. The molecule has 0 spiro atoms. The molecular formula is C18H27N5O. The van der Waals surface area contributed by atoms with Gasteiger partial charge in [-0.05, 0) is 45.1 Å². The Balaban J connectivity index is 1.41. The van der Waals surface area contributed by atoms with E-state index >= 15 is 0 Å². The third-order valence-electron chi connectivity index (χ3n) is 5.53. The fourth-order valence-corrected chi connectivity index (χ4v) is 4.30. The molecule has 0 amide bonds. The van der Waals surface area contributed by atoms with E-state index in [9.17, 15) is 0 Å². The van der Waals surface area contributed by atoms with Gasteiger partial charge in [0, 0.05) is 19.1 Å². The van der Waals surface area contributed by atoms with Crippen molar-refractivity contribution in [2.24, 2.45) is 5.92 Å². The van der Waals surface area contributed by atoms with Crippen LogP contribution in [-0.4, -0.2) is 45.7 Å². The van der Waals surface area contributed by atoms with E-state index in [1.807, 2.05) is 6.92 Å². The van der Waals surface area contributed by atoms with Crippen molar-refractivity contribution in [3.63, 3.8) is 0 Å². The summed E-state index contributed by atoms with van der Waals surface area (Å²) in [6.07, 6.45) is 11.1. The van der Waals surface area contributed by atoms with Gasteiger partial charge < -0.3 is 14.7 Å². The van der Waals surface area contributed by atoms with Crippen molar-refractivity contribution in [3.8, 4) is 0 Å². The van der Waals surface area contributed by atoms with Crippen molar-refractivity contribution in [2.45, 2.75) is 57.9 Å². The first-order valence-electron chi connectivity index (χ1n) is 9.35. The highest BCUT2D eigenvalue weighted by Gasteiger charge is 2.24. The van der Waals surface area contributed by atoms with Gasteiger partial charge in [0.15, 0.2) is 0 Å². The monoisotopic (exact) mass is 329 g/mol. The lowest BCUT2D eigenvalue weighted by Crippen LogP contribution is -2.44. The number of hydrogen-bond donors (Lipinski definition) is 1. The molecule has 130 valence electrons. The van der Waals surface area contributed by atoms with Crippen LogP contribution in [0.15, 0.2) is 10.9 Å². The van der Waals surface area contributed by atoms with Crippen molar-refractivity contribution >= 4 is 16.9 Å². The number of piperidine rings is 1. The average Bonchev–Trinajstić information content (AvgIpc) is 2.99.